The van der Waals surface area contributed by atoms with Crippen LogP contribution in [0.4, 0.5) is 0 Å². The Bertz CT molecular complexity index is 993. The van der Waals surface area contributed by atoms with Gasteiger partial charge in [-0.3, -0.25) is 4.79 Å². The van der Waals surface area contributed by atoms with E-state index in [1.165, 1.54) is 12.7 Å². The Balaban J connectivity index is 1.42. The topological polar surface area (TPSA) is 143 Å². The van der Waals surface area contributed by atoms with Gasteiger partial charge in [0.15, 0.2) is 17.6 Å². The number of benzene rings is 1. The minimum absolute atomic E-state index is 0.202. The number of rotatable bonds is 4. The van der Waals surface area contributed by atoms with E-state index in [0.29, 0.717) is 35.7 Å². The first-order valence-corrected chi connectivity index (χ1v) is 12.0. The quantitative estimate of drug-likeness (QED) is 0.507. The number of Topliss-reactive ketones (excluding diaryl/α,β-unsaturated/α-hetero) is 1. The van der Waals surface area contributed by atoms with Crippen molar-refractivity contribution in [2.75, 3.05) is 7.11 Å². The zero-order chi connectivity index (χ0) is 24.4. The summed E-state index contributed by atoms with van der Waals surface area (Å²) in [5.41, 5.74) is 2.07. The van der Waals surface area contributed by atoms with Crippen LogP contribution in [0.2, 0.25) is 0 Å². The number of fused-ring (bicyclic) bond motifs is 5. The highest BCUT2D eigenvalue weighted by Gasteiger charge is 2.55. The summed E-state index contributed by atoms with van der Waals surface area (Å²) in [6, 6.07) is 3.78. The standard InChI is InChI=1S/C25H32O9/c1-25-8-7-12-13(15(25)5-6-18(25)26)4-3-11-9-17(16(32-2)10-14(11)12)33-24-21(29)19(27)20(28)22(34-24)23(30)31/h9-10,12-13,15,19-22,24,27-29H,3-8H2,1-2H3,(H,30,31)/t12-,13+,15-,19-,20-,21+,22-,24+,25-/m0/s1. The molecule has 186 valence electrons. The molecule has 3 fully saturated rings. The molecule has 1 aromatic rings. The smallest absolute Gasteiger partial charge is 0.335 e. The number of hydrogen-bond acceptors (Lipinski definition) is 8. The molecule has 9 nitrogen and oxygen atoms in total. The predicted octanol–water partition coefficient (Wildman–Crippen LogP) is 1.39. The molecule has 4 N–H and O–H groups in total. The van der Waals surface area contributed by atoms with Crippen LogP contribution in [0.5, 0.6) is 11.5 Å². The van der Waals surface area contributed by atoms with Crippen molar-refractivity contribution in [1.82, 2.24) is 0 Å². The molecule has 1 heterocycles. The van der Waals surface area contributed by atoms with Crippen molar-refractivity contribution in [2.24, 2.45) is 17.3 Å². The lowest BCUT2D eigenvalue weighted by Gasteiger charge is -2.48. The van der Waals surface area contributed by atoms with Crippen molar-refractivity contribution in [3.8, 4) is 11.5 Å². The van der Waals surface area contributed by atoms with Crippen LogP contribution in [0.3, 0.4) is 0 Å². The van der Waals surface area contributed by atoms with Gasteiger partial charge < -0.3 is 34.6 Å². The van der Waals surface area contributed by atoms with Gasteiger partial charge in [0.25, 0.3) is 0 Å². The number of aliphatic hydroxyl groups excluding tert-OH is 3. The second kappa shape index (κ2) is 8.48. The third kappa shape index (κ3) is 3.52. The molecule has 5 rings (SSSR count). The highest BCUT2D eigenvalue weighted by atomic mass is 16.7. The highest BCUT2D eigenvalue weighted by Crippen LogP contribution is 2.60. The number of carbonyl (C=O) groups is 2. The third-order valence-corrected chi connectivity index (χ3v) is 8.77. The first-order valence-electron chi connectivity index (χ1n) is 12.0. The number of aliphatic hydroxyl groups is 3. The fourth-order valence-corrected chi connectivity index (χ4v) is 6.87. The number of aliphatic carboxylic acids is 1. The fourth-order valence-electron chi connectivity index (χ4n) is 6.87. The first-order chi connectivity index (χ1) is 16.2. The van der Waals surface area contributed by atoms with Gasteiger partial charge in [-0.05, 0) is 73.1 Å². The van der Waals surface area contributed by atoms with Gasteiger partial charge in [0.2, 0.25) is 6.29 Å². The van der Waals surface area contributed by atoms with Crippen molar-refractivity contribution in [2.45, 2.75) is 82.1 Å². The lowest BCUT2D eigenvalue weighted by molar-refractivity contribution is -0.271. The van der Waals surface area contributed by atoms with E-state index in [1.807, 2.05) is 12.1 Å². The Morgan fingerprint density at radius 2 is 1.82 bits per heavy atom. The summed E-state index contributed by atoms with van der Waals surface area (Å²) in [4.78, 5) is 24.0. The van der Waals surface area contributed by atoms with Crippen LogP contribution in [0.25, 0.3) is 0 Å². The minimum Gasteiger partial charge on any atom is -0.493 e. The summed E-state index contributed by atoms with van der Waals surface area (Å²) in [6.45, 7) is 2.14. The Kier molecular flexibility index (Phi) is 5.87. The van der Waals surface area contributed by atoms with Crippen LogP contribution in [0.15, 0.2) is 12.1 Å². The van der Waals surface area contributed by atoms with E-state index in [9.17, 15) is 30.0 Å². The molecule has 0 unspecified atom stereocenters. The van der Waals surface area contributed by atoms with Gasteiger partial charge in [-0.2, -0.15) is 0 Å². The average molecular weight is 477 g/mol. The van der Waals surface area contributed by atoms with E-state index in [1.54, 1.807) is 0 Å². The van der Waals surface area contributed by atoms with Gasteiger partial charge in [-0.15, -0.1) is 0 Å². The van der Waals surface area contributed by atoms with Gasteiger partial charge in [0.1, 0.15) is 24.1 Å². The molecule has 1 saturated heterocycles. The summed E-state index contributed by atoms with van der Waals surface area (Å²) in [7, 11) is 1.50. The number of carboxylic acid groups (broad SMARTS) is 1. The van der Waals surface area contributed by atoms with Crippen molar-refractivity contribution < 1.29 is 44.2 Å². The molecule has 9 atom stereocenters. The summed E-state index contributed by atoms with van der Waals surface area (Å²) < 4.78 is 16.7. The number of carbonyl (C=O) groups excluding carboxylic acids is 1. The van der Waals surface area contributed by atoms with E-state index in [4.69, 9.17) is 14.2 Å². The zero-order valence-electron chi connectivity index (χ0n) is 19.3. The van der Waals surface area contributed by atoms with Gasteiger partial charge >= 0.3 is 5.97 Å². The molecule has 0 spiro atoms. The van der Waals surface area contributed by atoms with E-state index in [0.717, 1.165) is 37.7 Å². The number of ketones is 1. The van der Waals surface area contributed by atoms with Crippen LogP contribution in [0, 0.1) is 17.3 Å². The molecular formula is C25H32O9. The Hall–Kier alpha value is -2.20. The summed E-state index contributed by atoms with van der Waals surface area (Å²) in [6.07, 6.45) is -3.16. The molecule has 0 radical (unpaired) electrons. The maximum absolute atomic E-state index is 12.6. The molecule has 34 heavy (non-hydrogen) atoms. The molecule has 1 aliphatic heterocycles. The molecule has 3 aliphatic carbocycles. The minimum atomic E-state index is -1.78. The van der Waals surface area contributed by atoms with Crippen LogP contribution in [-0.2, 0) is 20.7 Å². The summed E-state index contributed by atoms with van der Waals surface area (Å²) >= 11 is 0. The molecule has 9 heteroatoms. The molecule has 2 saturated carbocycles. The first kappa shape index (κ1) is 23.5. The van der Waals surface area contributed by atoms with Crippen LogP contribution in [-0.4, -0.2) is 70.0 Å². The predicted molar refractivity (Wildman–Crippen MR) is 118 cm³/mol. The summed E-state index contributed by atoms with van der Waals surface area (Å²) in [5.74, 6) is 0.810. The maximum Gasteiger partial charge on any atom is 0.335 e. The molecular weight excluding hydrogens is 444 g/mol. The van der Waals surface area contributed by atoms with Crippen LogP contribution >= 0.6 is 0 Å². The van der Waals surface area contributed by atoms with Crippen LogP contribution < -0.4 is 9.47 Å². The van der Waals surface area contributed by atoms with Crippen molar-refractivity contribution in [3.05, 3.63) is 23.3 Å². The Morgan fingerprint density at radius 1 is 1.06 bits per heavy atom. The normalized spacial score (nSPS) is 41.3. The van der Waals surface area contributed by atoms with Crippen molar-refractivity contribution >= 4 is 11.8 Å². The SMILES string of the molecule is COc1cc2c(cc1O[C@@H]1O[C@H](C(=O)O)[C@@H](O)[C@H](O)[C@H]1O)CC[C@@H]1[C@@H]2CC[C@]2(C)C(=O)CC[C@@H]12. The van der Waals surface area contributed by atoms with Gasteiger partial charge in [-0.1, -0.05) is 6.92 Å². The van der Waals surface area contributed by atoms with Crippen LogP contribution in [0.1, 0.15) is 56.1 Å². The molecule has 0 amide bonds. The van der Waals surface area contributed by atoms with E-state index in [2.05, 4.69) is 6.92 Å². The number of aryl methyl sites for hydroxylation is 1. The zero-order valence-corrected chi connectivity index (χ0v) is 19.3. The highest BCUT2D eigenvalue weighted by molar-refractivity contribution is 5.87. The average Bonchev–Trinajstić information content (AvgIpc) is 3.12. The third-order valence-electron chi connectivity index (χ3n) is 8.77. The number of carboxylic acids is 1. The van der Waals surface area contributed by atoms with E-state index < -0.39 is 36.7 Å². The largest absolute Gasteiger partial charge is 0.493 e. The fraction of sp³-hybridized carbons (Fsp3) is 0.680. The second-order valence-corrected chi connectivity index (χ2v) is 10.4. The number of hydrogen-bond donors (Lipinski definition) is 4. The van der Waals surface area contributed by atoms with Crippen molar-refractivity contribution in [1.29, 1.82) is 0 Å². The molecule has 0 aromatic heterocycles. The molecule has 4 aliphatic rings. The lowest BCUT2D eigenvalue weighted by atomic mass is 9.55. The Labute approximate surface area is 197 Å². The second-order valence-electron chi connectivity index (χ2n) is 10.4. The van der Waals surface area contributed by atoms with E-state index in [-0.39, 0.29) is 11.2 Å². The lowest BCUT2D eigenvalue weighted by Crippen LogP contribution is -2.61. The maximum atomic E-state index is 12.6. The van der Waals surface area contributed by atoms with Crippen molar-refractivity contribution in [3.63, 3.8) is 0 Å². The van der Waals surface area contributed by atoms with Gasteiger partial charge in [0.05, 0.1) is 7.11 Å². The number of methoxy groups -OCH3 is 1. The number of ether oxygens (including phenoxy) is 3. The Morgan fingerprint density at radius 3 is 2.53 bits per heavy atom. The molecule has 0 bridgehead atoms. The van der Waals surface area contributed by atoms with Gasteiger partial charge in [-0.25, -0.2) is 4.79 Å². The van der Waals surface area contributed by atoms with E-state index >= 15 is 0 Å². The summed E-state index contributed by atoms with van der Waals surface area (Å²) in [5, 5.41) is 39.6. The molecule has 1 aromatic carbocycles. The van der Waals surface area contributed by atoms with Gasteiger partial charge in [0, 0.05) is 11.8 Å². The monoisotopic (exact) mass is 476 g/mol.